The number of ketones is 1. The zero-order valence-electron chi connectivity index (χ0n) is 18.9. The van der Waals surface area contributed by atoms with Crippen molar-refractivity contribution in [2.75, 3.05) is 6.26 Å². The van der Waals surface area contributed by atoms with Gasteiger partial charge >= 0.3 is 6.18 Å². The minimum Gasteiger partial charge on any atom is -0.298 e. The molecule has 0 N–H and O–H groups in total. The molecule has 35 heavy (non-hydrogen) atoms. The number of benzene rings is 2. The van der Waals surface area contributed by atoms with Gasteiger partial charge in [0.2, 0.25) is 0 Å². The molecule has 182 valence electrons. The first-order valence-electron chi connectivity index (χ1n) is 10.7. The summed E-state index contributed by atoms with van der Waals surface area (Å²) in [5, 5.41) is 5.72. The standard InChI is InChI=1S/C25H21ClF3N3O2S/c1-3-20(33)23-22(15-7-5-4-6-8-15)19-11-16(26)9-10-18(19)24(34)31(23)13-17-12-21(35-2)32(30-17)14-25(27,28)29/h4-12H,3,13-14H2,1-2H3. The minimum absolute atomic E-state index is 0.129. The van der Waals surface area contributed by atoms with Crippen LogP contribution in [-0.4, -0.2) is 32.6 Å². The van der Waals surface area contributed by atoms with E-state index >= 15 is 0 Å². The molecule has 2 heterocycles. The summed E-state index contributed by atoms with van der Waals surface area (Å²) >= 11 is 7.38. The Morgan fingerprint density at radius 2 is 1.80 bits per heavy atom. The second-order valence-corrected chi connectivity index (χ2v) is 9.16. The predicted molar refractivity (Wildman–Crippen MR) is 132 cm³/mol. The van der Waals surface area contributed by atoms with E-state index in [1.807, 2.05) is 30.3 Å². The van der Waals surface area contributed by atoms with Gasteiger partial charge < -0.3 is 0 Å². The van der Waals surface area contributed by atoms with Gasteiger partial charge in [-0.1, -0.05) is 48.9 Å². The maximum absolute atomic E-state index is 13.6. The zero-order valence-corrected chi connectivity index (χ0v) is 20.5. The number of pyridine rings is 1. The molecule has 0 aliphatic carbocycles. The molecule has 2 aromatic carbocycles. The lowest BCUT2D eigenvalue weighted by atomic mass is 9.94. The third-order valence-corrected chi connectivity index (χ3v) is 6.51. The molecule has 4 rings (SSSR count). The fourth-order valence-electron chi connectivity index (χ4n) is 4.06. The first-order chi connectivity index (χ1) is 16.6. The number of rotatable bonds is 7. The minimum atomic E-state index is -4.45. The quantitative estimate of drug-likeness (QED) is 0.208. The number of hydrogen-bond donors (Lipinski definition) is 0. The van der Waals surface area contributed by atoms with E-state index in [1.165, 1.54) is 10.6 Å². The Kier molecular flexibility index (Phi) is 7.10. The summed E-state index contributed by atoms with van der Waals surface area (Å²) in [4.78, 5) is 26.9. The average molecular weight is 520 g/mol. The van der Waals surface area contributed by atoms with E-state index in [4.69, 9.17) is 11.6 Å². The Balaban J connectivity index is 2.00. The van der Waals surface area contributed by atoms with E-state index in [0.29, 0.717) is 26.4 Å². The number of hydrogen-bond acceptors (Lipinski definition) is 4. The van der Waals surface area contributed by atoms with E-state index < -0.39 is 18.3 Å². The van der Waals surface area contributed by atoms with Gasteiger partial charge in [-0.25, -0.2) is 4.68 Å². The summed E-state index contributed by atoms with van der Waals surface area (Å²) in [6.45, 7) is 0.291. The molecule has 0 saturated carbocycles. The lowest BCUT2D eigenvalue weighted by molar-refractivity contribution is -0.144. The van der Waals surface area contributed by atoms with Crippen LogP contribution in [0, 0.1) is 0 Å². The van der Waals surface area contributed by atoms with Crippen molar-refractivity contribution in [3.63, 3.8) is 0 Å². The van der Waals surface area contributed by atoms with Crippen LogP contribution in [0.2, 0.25) is 5.02 Å². The molecule has 0 unspecified atom stereocenters. The summed E-state index contributed by atoms with van der Waals surface area (Å²) in [5.74, 6) is -0.275. The van der Waals surface area contributed by atoms with E-state index in [9.17, 15) is 22.8 Å². The van der Waals surface area contributed by atoms with E-state index in [1.54, 1.807) is 31.4 Å². The summed E-state index contributed by atoms with van der Waals surface area (Å²) in [6, 6.07) is 15.5. The summed E-state index contributed by atoms with van der Waals surface area (Å²) < 4.78 is 41.3. The van der Waals surface area contributed by atoms with Crippen molar-refractivity contribution in [1.82, 2.24) is 14.3 Å². The number of halogens is 4. The number of carbonyl (C=O) groups excluding carboxylic acids is 1. The largest absolute Gasteiger partial charge is 0.408 e. The topological polar surface area (TPSA) is 56.9 Å². The van der Waals surface area contributed by atoms with E-state index in [0.717, 1.165) is 22.0 Å². The van der Waals surface area contributed by atoms with Crippen molar-refractivity contribution < 1.29 is 18.0 Å². The molecular weight excluding hydrogens is 499 g/mol. The molecule has 0 fully saturated rings. The molecule has 0 saturated heterocycles. The third-order valence-electron chi connectivity index (χ3n) is 5.53. The van der Waals surface area contributed by atoms with Crippen LogP contribution in [-0.2, 0) is 13.1 Å². The number of aromatic nitrogens is 3. The molecule has 0 aliphatic rings. The third kappa shape index (κ3) is 5.16. The van der Waals surface area contributed by atoms with Crippen LogP contribution in [0.1, 0.15) is 29.5 Å². The summed E-state index contributed by atoms with van der Waals surface area (Å²) in [6.07, 6.45) is -2.67. The fourth-order valence-corrected chi connectivity index (χ4v) is 4.80. The highest BCUT2D eigenvalue weighted by Gasteiger charge is 2.30. The fraction of sp³-hybridized carbons (Fsp3) is 0.240. The summed E-state index contributed by atoms with van der Waals surface area (Å²) in [5.41, 5.74) is 1.25. The highest BCUT2D eigenvalue weighted by atomic mass is 35.5. The highest BCUT2D eigenvalue weighted by Crippen LogP contribution is 2.33. The molecule has 10 heteroatoms. The van der Waals surface area contributed by atoms with Gasteiger partial charge in [-0.2, -0.15) is 18.3 Å². The van der Waals surface area contributed by atoms with Crippen molar-refractivity contribution in [2.24, 2.45) is 0 Å². The Bertz CT molecular complexity index is 1460. The molecule has 4 aromatic rings. The normalized spacial score (nSPS) is 11.8. The van der Waals surface area contributed by atoms with Crippen molar-refractivity contribution in [1.29, 1.82) is 0 Å². The van der Waals surface area contributed by atoms with Gasteiger partial charge in [-0.3, -0.25) is 14.2 Å². The lowest BCUT2D eigenvalue weighted by Crippen LogP contribution is -2.28. The van der Waals surface area contributed by atoms with Gasteiger partial charge in [0, 0.05) is 22.4 Å². The lowest BCUT2D eigenvalue weighted by Gasteiger charge is -2.19. The first-order valence-corrected chi connectivity index (χ1v) is 12.3. The second kappa shape index (κ2) is 9.91. The first kappa shape index (κ1) is 25.1. The predicted octanol–water partition coefficient (Wildman–Crippen LogP) is 6.44. The van der Waals surface area contributed by atoms with Crippen LogP contribution in [0.3, 0.4) is 0 Å². The van der Waals surface area contributed by atoms with Crippen molar-refractivity contribution in [3.05, 3.63) is 81.4 Å². The highest BCUT2D eigenvalue weighted by molar-refractivity contribution is 7.98. The molecular formula is C25H21ClF3N3O2S. The SMILES string of the molecule is CCC(=O)c1c(-c2ccccc2)c2cc(Cl)ccc2c(=O)n1Cc1cc(SC)n(CC(F)(F)F)n1. The van der Waals surface area contributed by atoms with Crippen LogP contribution in [0.15, 0.2) is 64.4 Å². The average Bonchev–Trinajstić information content (AvgIpc) is 3.20. The molecule has 2 aromatic heterocycles. The van der Waals surface area contributed by atoms with Crippen molar-refractivity contribution in [3.8, 4) is 11.1 Å². The maximum Gasteiger partial charge on any atom is 0.408 e. The number of Topliss-reactive ketones (excluding diaryl/α,β-unsaturated/α-hetero) is 1. The number of alkyl halides is 3. The van der Waals surface area contributed by atoms with Crippen molar-refractivity contribution in [2.45, 2.75) is 37.6 Å². The summed E-state index contributed by atoms with van der Waals surface area (Å²) in [7, 11) is 0. The van der Waals surface area contributed by atoms with Gasteiger partial charge in [0.1, 0.15) is 6.54 Å². The second-order valence-electron chi connectivity index (χ2n) is 7.90. The number of carbonyl (C=O) groups is 1. The molecule has 0 radical (unpaired) electrons. The van der Waals surface area contributed by atoms with Crippen LogP contribution < -0.4 is 5.56 Å². The molecule has 0 atom stereocenters. The van der Waals surface area contributed by atoms with E-state index in [2.05, 4.69) is 5.10 Å². The Hall–Kier alpha value is -3.04. The number of nitrogens with zero attached hydrogens (tertiary/aromatic N) is 3. The molecule has 0 aliphatic heterocycles. The van der Waals surface area contributed by atoms with Gasteiger partial charge in [0.15, 0.2) is 5.78 Å². The van der Waals surface area contributed by atoms with Crippen LogP contribution in [0.4, 0.5) is 13.2 Å². The molecule has 0 amide bonds. The van der Waals surface area contributed by atoms with Crippen molar-refractivity contribution >= 4 is 39.9 Å². The monoisotopic (exact) mass is 519 g/mol. The number of fused-ring (bicyclic) bond motifs is 1. The molecule has 0 spiro atoms. The van der Waals surface area contributed by atoms with Gasteiger partial charge in [-0.15, -0.1) is 11.8 Å². The Morgan fingerprint density at radius 3 is 2.43 bits per heavy atom. The Labute approximate surface area is 208 Å². The maximum atomic E-state index is 13.6. The zero-order chi connectivity index (χ0) is 25.3. The van der Waals surface area contributed by atoms with Gasteiger partial charge in [-0.05, 0) is 41.5 Å². The van der Waals surface area contributed by atoms with Crippen LogP contribution >= 0.6 is 23.4 Å². The van der Waals surface area contributed by atoms with Gasteiger partial charge in [0.05, 0.1) is 23.0 Å². The van der Waals surface area contributed by atoms with E-state index in [-0.39, 0.29) is 30.1 Å². The van der Waals surface area contributed by atoms with Gasteiger partial charge in [0.25, 0.3) is 5.56 Å². The number of thioether (sulfide) groups is 1. The van der Waals surface area contributed by atoms with Crippen LogP contribution in [0.25, 0.3) is 21.9 Å². The smallest absolute Gasteiger partial charge is 0.298 e. The molecule has 0 bridgehead atoms. The molecule has 5 nitrogen and oxygen atoms in total. The Morgan fingerprint density at radius 1 is 1.09 bits per heavy atom. The van der Waals surface area contributed by atoms with Crippen LogP contribution in [0.5, 0.6) is 0 Å².